The molecule has 0 unspecified atom stereocenters. The average Bonchev–Trinajstić information content (AvgIpc) is 2.59. The fourth-order valence-electron chi connectivity index (χ4n) is 2.99. The van der Waals surface area contributed by atoms with Crippen LogP contribution >= 0.6 is 0 Å². The van der Waals surface area contributed by atoms with Crippen molar-refractivity contribution in [3.63, 3.8) is 0 Å². The first kappa shape index (κ1) is 29.0. The summed E-state index contributed by atoms with van der Waals surface area (Å²) in [6.07, 6.45) is 0.961. The third kappa shape index (κ3) is 8.28. The molecule has 0 aromatic heterocycles. The van der Waals surface area contributed by atoms with Crippen molar-refractivity contribution >= 4 is 23.1 Å². The van der Waals surface area contributed by atoms with Gasteiger partial charge in [0.15, 0.2) is 0 Å². The Morgan fingerprint density at radius 3 is 1.50 bits per heavy atom. The Morgan fingerprint density at radius 2 is 1.07 bits per heavy atom. The van der Waals surface area contributed by atoms with Gasteiger partial charge in [-0.2, -0.15) is 70.6 Å². The van der Waals surface area contributed by atoms with E-state index in [1.807, 2.05) is 30.3 Å². The zero-order valence-corrected chi connectivity index (χ0v) is 25.7. The van der Waals surface area contributed by atoms with Gasteiger partial charge in [-0.15, -0.1) is 0 Å². The van der Waals surface area contributed by atoms with Crippen LogP contribution in [0.2, 0.25) is 0 Å². The molecule has 3 aromatic rings. The minimum absolute atomic E-state index is 0. The van der Waals surface area contributed by atoms with Gasteiger partial charge in [0.25, 0.3) is 0 Å². The third-order valence-corrected chi connectivity index (χ3v) is 3.87. The molecule has 1 heterocycles. The smallest absolute Gasteiger partial charge is 0.140 e. The second-order valence-corrected chi connectivity index (χ2v) is 8.06. The molecule has 135 valence electrons. The SMILES string of the molecule is CC(C)(C)C.[Y].[Y].[Y].[c-]1ccc[c-]c1B1c2[c-]cccc2Cc2ccc[c-]c21. The monoisotopic (exact) mass is 589 g/mol. The molecule has 4 heteroatoms. The molecule has 0 bridgehead atoms. The molecule has 3 aromatic carbocycles. The van der Waals surface area contributed by atoms with Crippen LogP contribution in [0.4, 0.5) is 0 Å². The molecule has 0 atom stereocenters. The zero-order chi connectivity index (χ0) is 17.9. The number of hydrogen-bond donors (Lipinski definition) is 0. The Balaban J connectivity index is 0.000000823. The standard InChI is InChI=1S/C19H11B.C5H12.3Y/c1-2-10-17(11-3-1)20-18-12-6-4-8-15(18)14-16-9-5-7-13-19(16)20;1-5(2,3)4;;;/h1-9H,14H2;1-4H3;;;/q-4;;;;. The van der Waals surface area contributed by atoms with Crippen molar-refractivity contribution in [2.75, 3.05) is 0 Å². The summed E-state index contributed by atoms with van der Waals surface area (Å²) in [5.41, 5.74) is 6.73. The second-order valence-electron chi connectivity index (χ2n) is 8.06. The van der Waals surface area contributed by atoms with Crippen molar-refractivity contribution in [3.05, 3.63) is 90.0 Å². The summed E-state index contributed by atoms with van der Waals surface area (Å²) in [4.78, 5) is 0. The summed E-state index contributed by atoms with van der Waals surface area (Å²) in [6, 6.07) is 31.8. The summed E-state index contributed by atoms with van der Waals surface area (Å²) in [5, 5.41) is 0. The first-order valence-corrected chi connectivity index (χ1v) is 8.81. The van der Waals surface area contributed by atoms with Gasteiger partial charge in [0.2, 0.25) is 0 Å². The van der Waals surface area contributed by atoms with Crippen LogP contribution in [-0.2, 0) is 105 Å². The van der Waals surface area contributed by atoms with Gasteiger partial charge in [0.1, 0.15) is 6.71 Å². The summed E-state index contributed by atoms with van der Waals surface area (Å²) in [6.45, 7) is 8.90. The van der Waals surface area contributed by atoms with Crippen molar-refractivity contribution in [1.29, 1.82) is 0 Å². The second kappa shape index (κ2) is 13.4. The third-order valence-electron chi connectivity index (χ3n) is 3.87. The Labute approximate surface area is 247 Å². The molecule has 0 N–H and O–H groups in total. The van der Waals surface area contributed by atoms with E-state index in [0.29, 0.717) is 5.41 Å². The van der Waals surface area contributed by atoms with Crippen LogP contribution in [0.15, 0.2) is 54.6 Å². The average molecular weight is 589 g/mol. The van der Waals surface area contributed by atoms with Crippen LogP contribution < -0.4 is 16.4 Å². The number of benzene rings is 3. The van der Waals surface area contributed by atoms with E-state index in [1.165, 1.54) is 22.1 Å². The molecule has 0 fully saturated rings. The van der Waals surface area contributed by atoms with E-state index in [2.05, 4.69) is 76.2 Å². The van der Waals surface area contributed by atoms with Crippen molar-refractivity contribution in [1.82, 2.24) is 0 Å². The Hall–Kier alpha value is 1.04. The molecule has 0 spiro atoms. The van der Waals surface area contributed by atoms with E-state index < -0.39 is 0 Å². The normalized spacial score (nSPS) is 11.2. The van der Waals surface area contributed by atoms with Crippen molar-refractivity contribution in [2.45, 2.75) is 34.1 Å². The van der Waals surface area contributed by atoms with E-state index >= 15 is 0 Å². The van der Waals surface area contributed by atoms with E-state index in [0.717, 1.165) is 11.9 Å². The molecule has 0 saturated heterocycles. The van der Waals surface area contributed by atoms with Crippen molar-refractivity contribution in [3.8, 4) is 0 Å². The first-order valence-electron chi connectivity index (χ1n) is 8.81. The fourth-order valence-corrected chi connectivity index (χ4v) is 2.99. The Kier molecular flexibility index (Phi) is 13.9. The van der Waals surface area contributed by atoms with E-state index in [1.54, 1.807) is 0 Å². The van der Waals surface area contributed by atoms with Gasteiger partial charge in [-0.1, -0.05) is 34.1 Å². The van der Waals surface area contributed by atoms with Crippen molar-refractivity contribution in [2.24, 2.45) is 5.41 Å². The number of hydrogen-bond acceptors (Lipinski definition) is 0. The van der Waals surface area contributed by atoms with Crippen LogP contribution in [0.1, 0.15) is 38.8 Å². The Morgan fingerprint density at radius 1 is 0.679 bits per heavy atom. The fraction of sp³-hybridized carbons (Fsp3) is 0.250. The van der Waals surface area contributed by atoms with Gasteiger partial charge in [0, 0.05) is 98.1 Å². The molecule has 28 heavy (non-hydrogen) atoms. The number of fused-ring (bicyclic) bond motifs is 2. The van der Waals surface area contributed by atoms with Crippen LogP contribution in [0, 0.1) is 29.7 Å². The van der Waals surface area contributed by atoms with Gasteiger partial charge in [-0.05, 0) is 5.41 Å². The summed E-state index contributed by atoms with van der Waals surface area (Å²) in [7, 11) is 0. The van der Waals surface area contributed by atoms with Crippen LogP contribution in [-0.4, -0.2) is 6.71 Å². The molecule has 1 aliphatic rings. The zero-order valence-electron chi connectivity index (χ0n) is 17.2. The molecule has 0 amide bonds. The van der Waals surface area contributed by atoms with Gasteiger partial charge in [-0.3, -0.25) is 18.2 Å². The maximum Gasteiger partial charge on any atom is 0.140 e. The van der Waals surface area contributed by atoms with Crippen LogP contribution in [0.5, 0.6) is 0 Å². The van der Waals surface area contributed by atoms with Crippen molar-refractivity contribution < 1.29 is 98.1 Å². The molecule has 0 nitrogen and oxygen atoms in total. The molecule has 4 rings (SSSR count). The molecule has 3 radical (unpaired) electrons. The summed E-state index contributed by atoms with van der Waals surface area (Å²) in [5.74, 6) is 0. The van der Waals surface area contributed by atoms with Gasteiger partial charge < -0.3 is 17.6 Å². The Bertz CT molecular complexity index is 790. The topological polar surface area (TPSA) is 0 Å². The first-order chi connectivity index (χ1) is 11.9. The largest absolute Gasteiger partial charge is 0.364 e. The van der Waals surface area contributed by atoms with Gasteiger partial charge in [0.05, 0.1) is 0 Å². The molecule has 0 aliphatic carbocycles. The van der Waals surface area contributed by atoms with Gasteiger partial charge >= 0.3 is 0 Å². The minimum atomic E-state index is 0. The van der Waals surface area contributed by atoms with E-state index in [9.17, 15) is 0 Å². The molecular formula is C24H23BY3-4. The molecule has 0 saturated carbocycles. The molecule has 1 aliphatic heterocycles. The summed E-state index contributed by atoms with van der Waals surface area (Å²) >= 11 is 0. The maximum absolute atomic E-state index is 3.42. The van der Waals surface area contributed by atoms with Crippen LogP contribution in [0.3, 0.4) is 0 Å². The minimum Gasteiger partial charge on any atom is -0.364 e. The van der Waals surface area contributed by atoms with Crippen LogP contribution in [0.25, 0.3) is 0 Å². The summed E-state index contributed by atoms with van der Waals surface area (Å²) < 4.78 is 0. The number of rotatable bonds is 1. The quantitative estimate of drug-likeness (QED) is 0.236. The predicted octanol–water partition coefficient (Wildman–Crippen LogP) is 3.35. The predicted molar refractivity (Wildman–Crippen MR) is 107 cm³/mol. The van der Waals surface area contributed by atoms with E-state index in [4.69, 9.17) is 0 Å². The van der Waals surface area contributed by atoms with Gasteiger partial charge in [-0.25, -0.2) is 0 Å². The van der Waals surface area contributed by atoms with E-state index in [-0.39, 0.29) is 105 Å². The maximum atomic E-state index is 3.42. The molecular weight excluding hydrogens is 566 g/mol.